The number of allylic oxidation sites excluding steroid dienone is 3. The highest BCUT2D eigenvalue weighted by molar-refractivity contribution is 6.31. The van der Waals surface area contributed by atoms with Crippen molar-refractivity contribution in [2.45, 2.75) is 31.8 Å². The summed E-state index contributed by atoms with van der Waals surface area (Å²) < 4.78 is 6.12. The van der Waals surface area contributed by atoms with Crippen molar-refractivity contribution < 1.29 is 9.53 Å². The van der Waals surface area contributed by atoms with E-state index >= 15 is 0 Å². The zero-order chi connectivity index (χ0) is 21.3. The first kappa shape index (κ1) is 20.1. The summed E-state index contributed by atoms with van der Waals surface area (Å²) in [6.07, 6.45) is 2.02. The molecular weight excluding hydrogens is 398 g/mol. The number of nitrogens with two attached hydrogens (primary N) is 1. The Bertz CT molecular complexity index is 1110. The average molecular weight is 420 g/mol. The van der Waals surface area contributed by atoms with Crippen molar-refractivity contribution in [1.29, 1.82) is 5.26 Å². The Hall–Kier alpha value is -3.23. The lowest BCUT2D eigenvalue weighted by molar-refractivity contribution is -0.116. The third-order valence-corrected chi connectivity index (χ3v) is 6.11. The summed E-state index contributed by atoms with van der Waals surface area (Å²) in [4.78, 5) is 14.7. The number of halogens is 1. The number of para-hydroxylation sites is 1. The minimum atomic E-state index is -0.531. The first-order chi connectivity index (χ1) is 14.5. The highest BCUT2D eigenvalue weighted by Crippen LogP contribution is 2.46. The summed E-state index contributed by atoms with van der Waals surface area (Å²) in [6, 6.07) is 17.2. The molecule has 0 aromatic heterocycles. The Kier molecular flexibility index (Phi) is 5.52. The Morgan fingerprint density at radius 1 is 1.20 bits per heavy atom. The van der Waals surface area contributed by atoms with E-state index in [4.69, 9.17) is 22.1 Å². The second-order valence-corrected chi connectivity index (χ2v) is 7.86. The fourth-order valence-electron chi connectivity index (χ4n) is 4.20. The van der Waals surface area contributed by atoms with Gasteiger partial charge in [0.25, 0.3) is 0 Å². The van der Waals surface area contributed by atoms with Crippen LogP contribution in [0.1, 0.15) is 36.3 Å². The number of ketones is 1. The van der Waals surface area contributed by atoms with Crippen LogP contribution in [0.4, 0.5) is 0 Å². The van der Waals surface area contributed by atoms with E-state index < -0.39 is 5.92 Å². The maximum Gasteiger partial charge on any atom is 0.161 e. The van der Waals surface area contributed by atoms with Gasteiger partial charge in [-0.25, -0.2) is 0 Å². The van der Waals surface area contributed by atoms with E-state index in [9.17, 15) is 10.1 Å². The molecule has 0 spiro atoms. The van der Waals surface area contributed by atoms with Crippen LogP contribution in [0.25, 0.3) is 0 Å². The number of carbonyl (C=O) groups is 1. The molecule has 1 atom stereocenters. The second-order valence-electron chi connectivity index (χ2n) is 7.46. The molecule has 0 saturated carbocycles. The summed E-state index contributed by atoms with van der Waals surface area (Å²) in [5.41, 5.74) is 9.88. The maximum absolute atomic E-state index is 12.9. The largest absolute Gasteiger partial charge is 0.489 e. The zero-order valence-electron chi connectivity index (χ0n) is 16.7. The van der Waals surface area contributed by atoms with Gasteiger partial charge in [0, 0.05) is 40.9 Å². The molecule has 6 heteroatoms. The Labute approximate surface area is 181 Å². The predicted octanol–water partition coefficient (Wildman–Crippen LogP) is 4.65. The van der Waals surface area contributed by atoms with Gasteiger partial charge in [-0.1, -0.05) is 48.0 Å². The second kappa shape index (κ2) is 8.25. The summed E-state index contributed by atoms with van der Waals surface area (Å²) in [6.45, 7) is 0.282. The number of hydrogen-bond donors (Lipinski definition) is 1. The minimum absolute atomic E-state index is 0.0641. The van der Waals surface area contributed by atoms with Crippen LogP contribution >= 0.6 is 11.6 Å². The Morgan fingerprint density at radius 3 is 2.70 bits per heavy atom. The lowest BCUT2D eigenvalue weighted by atomic mass is 9.75. The van der Waals surface area contributed by atoms with Gasteiger partial charge < -0.3 is 15.4 Å². The molecular formula is C24H22ClN3O2. The van der Waals surface area contributed by atoms with Crippen LogP contribution in [-0.2, 0) is 11.4 Å². The van der Waals surface area contributed by atoms with E-state index in [1.165, 1.54) is 0 Å². The smallest absolute Gasteiger partial charge is 0.161 e. The van der Waals surface area contributed by atoms with Crippen LogP contribution in [0.15, 0.2) is 71.2 Å². The highest BCUT2D eigenvalue weighted by atomic mass is 35.5. The molecule has 0 fully saturated rings. The van der Waals surface area contributed by atoms with Gasteiger partial charge >= 0.3 is 0 Å². The van der Waals surface area contributed by atoms with Gasteiger partial charge in [0.1, 0.15) is 18.2 Å². The van der Waals surface area contributed by atoms with Gasteiger partial charge in [-0.15, -0.1) is 0 Å². The molecule has 1 aliphatic heterocycles. The quantitative estimate of drug-likeness (QED) is 0.780. The number of benzene rings is 2. The summed E-state index contributed by atoms with van der Waals surface area (Å²) in [5, 5.41) is 10.5. The highest BCUT2D eigenvalue weighted by Gasteiger charge is 2.39. The molecule has 2 aliphatic rings. The lowest BCUT2D eigenvalue weighted by Crippen LogP contribution is -2.36. The fourth-order valence-corrected chi connectivity index (χ4v) is 4.39. The molecule has 5 nitrogen and oxygen atoms in total. The third-order valence-electron chi connectivity index (χ3n) is 5.74. The molecule has 30 heavy (non-hydrogen) atoms. The zero-order valence-corrected chi connectivity index (χ0v) is 17.4. The van der Waals surface area contributed by atoms with Crippen LogP contribution in [0.5, 0.6) is 5.75 Å². The summed E-state index contributed by atoms with van der Waals surface area (Å²) >= 11 is 6.27. The molecule has 2 aromatic carbocycles. The number of nitriles is 1. The maximum atomic E-state index is 12.9. The van der Waals surface area contributed by atoms with Crippen molar-refractivity contribution in [2.75, 3.05) is 7.05 Å². The van der Waals surface area contributed by atoms with Crippen LogP contribution in [0, 0.1) is 11.3 Å². The van der Waals surface area contributed by atoms with Crippen molar-refractivity contribution >= 4 is 17.4 Å². The summed E-state index contributed by atoms with van der Waals surface area (Å²) in [7, 11) is 1.82. The number of nitrogens with zero attached hydrogens (tertiary/aromatic N) is 2. The number of rotatable bonds is 4. The fraction of sp³-hybridized carbons (Fsp3) is 0.250. The van der Waals surface area contributed by atoms with Crippen molar-refractivity contribution in [1.82, 2.24) is 4.90 Å². The average Bonchev–Trinajstić information content (AvgIpc) is 2.76. The molecule has 0 radical (unpaired) electrons. The molecule has 2 aromatic rings. The molecule has 0 bridgehead atoms. The molecule has 1 heterocycles. The van der Waals surface area contributed by atoms with Gasteiger partial charge in [-0.2, -0.15) is 5.26 Å². The van der Waals surface area contributed by atoms with Crippen LogP contribution < -0.4 is 10.5 Å². The third kappa shape index (κ3) is 3.44. The van der Waals surface area contributed by atoms with E-state index in [-0.39, 0.29) is 12.4 Å². The minimum Gasteiger partial charge on any atom is -0.489 e. The van der Waals surface area contributed by atoms with Crippen LogP contribution in [-0.4, -0.2) is 17.7 Å². The monoisotopic (exact) mass is 419 g/mol. The standard InChI is InChI=1S/C24H22ClN3O2/c1-28-19-10-6-11-20(29)23(19)22(17(13-26)24(28)27)16-8-3-5-12-21(16)30-14-15-7-2-4-9-18(15)25/h2-5,7-9,12,22H,6,10-11,14,27H2,1H3/t22-/m1/s1. The molecule has 2 N–H and O–H groups in total. The normalized spacial score (nSPS) is 18.9. The number of carbonyl (C=O) groups excluding carboxylic acids is 1. The number of ether oxygens (including phenoxy) is 1. The van der Waals surface area contributed by atoms with Crippen molar-refractivity contribution in [2.24, 2.45) is 5.73 Å². The number of Topliss-reactive ketones (excluding diaryl/α,β-unsaturated/α-hetero) is 1. The van der Waals surface area contributed by atoms with Crippen molar-refractivity contribution in [3.63, 3.8) is 0 Å². The molecule has 152 valence electrons. The van der Waals surface area contributed by atoms with Gasteiger partial charge in [0.2, 0.25) is 0 Å². The van der Waals surface area contributed by atoms with Crippen LogP contribution in [0.2, 0.25) is 5.02 Å². The number of hydrogen-bond acceptors (Lipinski definition) is 5. The molecule has 4 rings (SSSR count). The van der Waals surface area contributed by atoms with Crippen LogP contribution in [0.3, 0.4) is 0 Å². The van der Waals surface area contributed by atoms with E-state index in [0.717, 1.165) is 29.7 Å². The lowest BCUT2D eigenvalue weighted by Gasteiger charge is -2.38. The van der Waals surface area contributed by atoms with Gasteiger partial charge in [0.05, 0.1) is 17.6 Å². The predicted molar refractivity (Wildman–Crippen MR) is 115 cm³/mol. The van der Waals surface area contributed by atoms with Gasteiger partial charge in [-0.3, -0.25) is 4.79 Å². The first-order valence-electron chi connectivity index (χ1n) is 9.87. The molecule has 0 saturated heterocycles. The molecule has 0 unspecified atom stereocenters. The topological polar surface area (TPSA) is 79.3 Å². The van der Waals surface area contributed by atoms with E-state index in [1.807, 2.05) is 55.6 Å². The van der Waals surface area contributed by atoms with E-state index in [1.54, 1.807) is 4.90 Å². The molecule has 1 aliphatic carbocycles. The van der Waals surface area contributed by atoms with Gasteiger partial charge in [-0.05, 0) is 25.0 Å². The molecule has 0 amide bonds. The van der Waals surface area contributed by atoms with Crippen molar-refractivity contribution in [3.8, 4) is 11.8 Å². The summed E-state index contributed by atoms with van der Waals surface area (Å²) in [5.74, 6) is 0.528. The Morgan fingerprint density at radius 2 is 1.93 bits per heavy atom. The van der Waals surface area contributed by atoms with Gasteiger partial charge in [0.15, 0.2) is 5.78 Å². The van der Waals surface area contributed by atoms with E-state index in [2.05, 4.69) is 6.07 Å². The van der Waals surface area contributed by atoms with Crippen molar-refractivity contribution in [3.05, 3.63) is 87.3 Å². The SMILES string of the molecule is CN1C(N)=C(C#N)[C@@H](c2ccccc2OCc2ccccc2Cl)C2=C1CCCC2=O. The Balaban J connectivity index is 1.79. The first-order valence-corrected chi connectivity index (χ1v) is 10.3. The van der Waals surface area contributed by atoms with E-state index in [0.29, 0.717) is 34.2 Å².